The second-order valence-electron chi connectivity index (χ2n) is 4.93. The van der Waals surface area contributed by atoms with Gasteiger partial charge in [0, 0.05) is 16.8 Å². The fourth-order valence-electron chi connectivity index (χ4n) is 1.49. The molecule has 1 aliphatic heterocycles. The molecule has 1 atom stereocenters. The molecular weight excluding hydrogens is 204 g/mol. The molecular formula is C12H20N2O2. The van der Waals surface area contributed by atoms with Crippen LogP contribution in [0.5, 0.6) is 0 Å². The first kappa shape index (κ1) is 12.7. The van der Waals surface area contributed by atoms with Crippen molar-refractivity contribution in [2.24, 2.45) is 16.1 Å². The molecule has 4 heteroatoms. The molecule has 0 amide bonds. The van der Waals surface area contributed by atoms with Crippen LogP contribution in [0.3, 0.4) is 0 Å². The van der Waals surface area contributed by atoms with Crippen LogP contribution in [-0.2, 0) is 9.53 Å². The van der Waals surface area contributed by atoms with Gasteiger partial charge >= 0.3 is 5.97 Å². The quantitative estimate of drug-likeness (QED) is 0.741. The van der Waals surface area contributed by atoms with E-state index in [1.54, 1.807) is 6.92 Å². The van der Waals surface area contributed by atoms with Gasteiger partial charge in [0.2, 0.25) is 0 Å². The summed E-state index contributed by atoms with van der Waals surface area (Å²) in [7, 11) is 0. The second kappa shape index (κ2) is 4.68. The van der Waals surface area contributed by atoms with Crippen molar-refractivity contribution in [3.05, 3.63) is 11.8 Å². The molecule has 0 aromatic carbocycles. The molecule has 1 unspecified atom stereocenters. The molecule has 0 aromatic rings. The van der Waals surface area contributed by atoms with E-state index in [4.69, 9.17) is 10.5 Å². The molecule has 0 bridgehead atoms. The average Bonchev–Trinajstić information content (AvgIpc) is 2.47. The van der Waals surface area contributed by atoms with Gasteiger partial charge in [0.1, 0.15) is 6.04 Å². The largest absolute Gasteiger partial charge is 0.466 e. The zero-order chi connectivity index (χ0) is 12.3. The minimum Gasteiger partial charge on any atom is -0.466 e. The van der Waals surface area contributed by atoms with E-state index in [9.17, 15) is 4.79 Å². The number of carbonyl (C=O) groups is 1. The van der Waals surface area contributed by atoms with Crippen molar-refractivity contribution in [2.45, 2.75) is 40.2 Å². The van der Waals surface area contributed by atoms with E-state index >= 15 is 0 Å². The van der Waals surface area contributed by atoms with Gasteiger partial charge in [-0.15, -0.1) is 0 Å². The highest BCUT2D eigenvalue weighted by Crippen LogP contribution is 2.25. The van der Waals surface area contributed by atoms with Crippen molar-refractivity contribution >= 4 is 11.7 Å². The highest BCUT2D eigenvalue weighted by molar-refractivity contribution is 6.01. The maximum Gasteiger partial charge on any atom is 0.308 e. The summed E-state index contributed by atoms with van der Waals surface area (Å²) in [5, 5.41) is 0. The van der Waals surface area contributed by atoms with Gasteiger partial charge in [-0.2, -0.15) is 0 Å². The summed E-state index contributed by atoms with van der Waals surface area (Å²) in [6.07, 6.45) is 2.10. The SMILES string of the molecule is CCOC(=O)CC1N=C(C(C)(C)C)C=C1N. The van der Waals surface area contributed by atoms with Crippen LogP contribution in [0.2, 0.25) is 0 Å². The lowest BCUT2D eigenvalue weighted by Crippen LogP contribution is -2.19. The summed E-state index contributed by atoms with van der Waals surface area (Å²) in [5.74, 6) is -0.247. The number of ether oxygens (including phenoxy) is 1. The Bertz CT molecular complexity index is 337. The molecule has 16 heavy (non-hydrogen) atoms. The molecule has 0 spiro atoms. The van der Waals surface area contributed by atoms with Gasteiger partial charge in [0.25, 0.3) is 0 Å². The Labute approximate surface area is 96.6 Å². The third kappa shape index (κ3) is 3.08. The molecule has 2 N–H and O–H groups in total. The van der Waals surface area contributed by atoms with Gasteiger partial charge < -0.3 is 10.5 Å². The average molecular weight is 224 g/mol. The van der Waals surface area contributed by atoms with E-state index in [1.165, 1.54) is 0 Å². The summed E-state index contributed by atoms with van der Waals surface area (Å²) in [6, 6.07) is -0.242. The van der Waals surface area contributed by atoms with Crippen molar-refractivity contribution in [3.63, 3.8) is 0 Å². The Morgan fingerprint density at radius 3 is 2.62 bits per heavy atom. The van der Waals surface area contributed by atoms with E-state index in [-0.39, 0.29) is 23.8 Å². The molecule has 1 heterocycles. The molecule has 1 aliphatic rings. The van der Waals surface area contributed by atoms with Gasteiger partial charge in [-0.05, 0) is 13.0 Å². The number of rotatable bonds is 3. The summed E-state index contributed by atoms with van der Waals surface area (Å²) >= 11 is 0. The van der Waals surface area contributed by atoms with E-state index in [2.05, 4.69) is 25.8 Å². The summed E-state index contributed by atoms with van der Waals surface area (Å²) in [5.41, 5.74) is 7.41. The third-order valence-corrected chi connectivity index (χ3v) is 2.42. The maximum atomic E-state index is 11.3. The van der Waals surface area contributed by atoms with Crippen molar-refractivity contribution in [3.8, 4) is 0 Å². The molecule has 4 nitrogen and oxygen atoms in total. The minimum absolute atomic E-state index is 0.0337. The summed E-state index contributed by atoms with van der Waals surface area (Å²) < 4.78 is 4.88. The zero-order valence-corrected chi connectivity index (χ0v) is 10.4. The third-order valence-electron chi connectivity index (χ3n) is 2.42. The molecule has 0 aromatic heterocycles. The van der Waals surface area contributed by atoms with E-state index in [0.29, 0.717) is 12.3 Å². The number of nitrogens with two attached hydrogens (primary N) is 1. The normalized spacial score (nSPS) is 20.4. The van der Waals surface area contributed by atoms with Gasteiger partial charge in [-0.1, -0.05) is 20.8 Å². The van der Waals surface area contributed by atoms with Crippen LogP contribution in [-0.4, -0.2) is 24.3 Å². The van der Waals surface area contributed by atoms with Crippen molar-refractivity contribution in [1.29, 1.82) is 0 Å². The van der Waals surface area contributed by atoms with Crippen molar-refractivity contribution in [2.75, 3.05) is 6.61 Å². The highest BCUT2D eigenvalue weighted by Gasteiger charge is 2.27. The van der Waals surface area contributed by atoms with Crippen LogP contribution in [0.4, 0.5) is 0 Å². The molecule has 0 fully saturated rings. The van der Waals surface area contributed by atoms with Crippen LogP contribution in [0, 0.1) is 5.41 Å². The van der Waals surface area contributed by atoms with E-state index in [1.807, 2.05) is 6.08 Å². The number of nitrogens with zero attached hydrogens (tertiary/aromatic N) is 1. The second-order valence-corrected chi connectivity index (χ2v) is 4.93. The molecule has 0 radical (unpaired) electrons. The molecule has 0 aliphatic carbocycles. The number of hydrogen-bond acceptors (Lipinski definition) is 4. The highest BCUT2D eigenvalue weighted by atomic mass is 16.5. The van der Waals surface area contributed by atoms with Crippen LogP contribution in [0.15, 0.2) is 16.8 Å². The number of hydrogen-bond donors (Lipinski definition) is 1. The maximum absolute atomic E-state index is 11.3. The van der Waals surface area contributed by atoms with Crippen molar-refractivity contribution in [1.82, 2.24) is 0 Å². The van der Waals surface area contributed by atoms with Crippen LogP contribution >= 0.6 is 0 Å². The predicted octanol–water partition coefficient (Wildman–Crippen LogP) is 1.65. The smallest absolute Gasteiger partial charge is 0.308 e. The minimum atomic E-state index is -0.247. The Kier molecular flexibility index (Phi) is 3.73. The number of allylic oxidation sites excluding steroid dienone is 1. The summed E-state index contributed by atoms with van der Waals surface area (Å²) in [4.78, 5) is 15.8. The molecule has 0 saturated carbocycles. The lowest BCUT2D eigenvalue weighted by molar-refractivity contribution is -0.143. The first-order valence-electron chi connectivity index (χ1n) is 5.55. The molecule has 1 rings (SSSR count). The number of carbonyl (C=O) groups excluding carboxylic acids is 1. The Hall–Kier alpha value is -1.32. The zero-order valence-electron chi connectivity index (χ0n) is 10.4. The first-order valence-corrected chi connectivity index (χ1v) is 5.55. The van der Waals surface area contributed by atoms with E-state index in [0.717, 1.165) is 5.71 Å². The Morgan fingerprint density at radius 2 is 2.19 bits per heavy atom. The van der Waals surface area contributed by atoms with Gasteiger partial charge in [-0.25, -0.2) is 0 Å². The fourth-order valence-corrected chi connectivity index (χ4v) is 1.49. The van der Waals surface area contributed by atoms with Gasteiger partial charge in [-0.3, -0.25) is 9.79 Å². The number of aliphatic imine (C=N–C) groups is 1. The van der Waals surface area contributed by atoms with E-state index < -0.39 is 0 Å². The number of esters is 1. The molecule has 90 valence electrons. The Balaban J connectivity index is 2.68. The Morgan fingerprint density at radius 1 is 1.56 bits per heavy atom. The van der Waals surface area contributed by atoms with Crippen LogP contribution < -0.4 is 5.73 Å². The lowest BCUT2D eigenvalue weighted by atomic mass is 9.90. The molecule has 0 saturated heterocycles. The first-order chi connectivity index (χ1) is 7.34. The fraction of sp³-hybridized carbons (Fsp3) is 0.667. The van der Waals surface area contributed by atoms with Crippen LogP contribution in [0.1, 0.15) is 34.1 Å². The van der Waals surface area contributed by atoms with Gasteiger partial charge in [0.05, 0.1) is 13.0 Å². The lowest BCUT2D eigenvalue weighted by Gasteiger charge is -2.16. The summed E-state index contributed by atoms with van der Waals surface area (Å²) in [6.45, 7) is 8.40. The van der Waals surface area contributed by atoms with Crippen molar-refractivity contribution < 1.29 is 9.53 Å². The topological polar surface area (TPSA) is 64.7 Å². The predicted molar refractivity (Wildman–Crippen MR) is 64.2 cm³/mol. The van der Waals surface area contributed by atoms with Gasteiger partial charge in [0.15, 0.2) is 0 Å². The standard InChI is InChI=1S/C12H20N2O2/c1-5-16-11(15)7-9-8(13)6-10(14-9)12(2,3)4/h6,9H,5,7,13H2,1-4H3. The van der Waals surface area contributed by atoms with Crippen LogP contribution in [0.25, 0.3) is 0 Å². The monoisotopic (exact) mass is 224 g/mol.